The lowest BCUT2D eigenvalue weighted by Gasteiger charge is -2.13. The Morgan fingerprint density at radius 2 is 2.26 bits per heavy atom. The quantitative estimate of drug-likeness (QED) is 0.881. The zero-order valence-electron chi connectivity index (χ0n) is 10.9. The molecule has 5 heteroatoms. The minimum atomic E-state index is 0.377. The average Bonchev–Trinajstić information content (AvgIpc) is 2.93. The minimum Gasteiger partial charge on any atom is -0.339 e. The van der Waals surface area contributed by atoms with Crippen molar-refractivity contribution in [3.8, 4) is 0 Å². The fourth-order valence-corrected chi connectivity index (χ4v) is 2.39. The van der Waals surface area contributed by atoms with Gasteiger partial charge < -0.3 is 10.6 Å². The van der Waals surface area contributed by atoms with E-state index in [4.69, 9.17) is 0 Å². The summed E-state index contributed by atoms with van der Waals surface area (Å²) in [5.74, 6) is 0.749. The van der Waals surface area contributed by atoms with Gasteiger partial charge in [-0.15, -0.1) is 0 Å². The monoisotopic (exact) mass is 255 g/mol. The van der Waals surface area contributed by atoms with Gasteiger partial charge in [-0.1, -0.05) is 0 Å². The highest BCUT2D eigenvalue weighted by molar-refractivity contribution is 5.56. The number of hydrogen-bond donors (Lipinski definition) is 2. The second kappa shape index (κ2) is 5.32. The van der Waals surface area contributed by atoms with E-state index in [0.717, 1.165) is 35.9 Å². The number of pyridine rings is 1. The molecule has 0 radical (unpaired) electrons. The fourth-order valence-electron chi connectivity index (χ4n) is 2.39. The van der Waals surface area contributed by atoms with Crippen molar-refractivity contribution < 1.29 is 0 Å². The lowest BCUT2D eigenvalue weighted by atomic mass is 10.1. The molecule has 0 aromatic carbocycles. The van der Waals surface area contributed by atoms with E-state index >= 15 is 0 Å². The first-order valence-corrected chi connectivity index (χ1v) is 6.56. The molecule has 0 amide bonds. The largest absolute Gasteiger partial charge is 0.339 e. The molecule has 2 N–H and O–H groups in total. The van der Waals surface area contributed by atoms with Crippen LogP contribution in [0.1, 0.15) is 30.3 Å². The van der Waals surface area contributed by atoms with Crippen molar-refractivity contribution >= 4 is 11.5 Å². The van der Waals surface area contributed by atoms with E-state index in [0.29, 0.717) is 6.04 Å². The Kier molecular flexibility index (Phi) is 3.37. The number of aromatic nitrogens is 3. The lowest BCUT2D eigenvalue weighted by Crippen LogP contribution is -2.14. The Morgan fingerprint density at radius 3 is 3.00 bits per heavy atom. The summed E-state index contributed by atoms with van der Waals surface area (Å²) >= 11 is 0. The molecule has 0 saturated carbocycles. The molecule has 1 fully saturated rings. The summed E-state index contributed by atoms with van der Waals surface area (Å²) in [6.07, 6.45) is 7.42. The molecule has 3 rings (SSSR count). The van der Waals surface area contributed by atoms with Crippen LogP contribution in [0.15, 0.2) is 30.7 Å². The van der Waals surface area contributed by atoms with Crippen LogP contribution in [0.4, 0.5) is 11.5 Å². The molecule has 98 valence electrons. The second-order valence-electron chi connectivity index (χ2n) is 4.79. The van der Waals surface area contributed by atoms with Crippen LogP contribution in [0.5, 0.6) is 0 Å². The number of aryl methyl sites for hydroxylation is 1. The molecule has 0 spiro atoms. The molecule has 0 bridgehead atoms. The summed E-state index contributed by atoms with van der Waals surface area (Å²) in [7, 11) is 0. The van der Waals surface area contributed by atoms with Crippen LogP contribution in [0, 0.1) is 6.92 Å². The molecule has 2 aromatic rings. The molecule has 3 heterocycles. The van der Waals surface area contributed by atoms with Gasteiger partial charge in [0.15, 0.2) is 0 Å². The highest BCUT2D eigenvalue weighted by atomic mass is 15.0. The van der Waals surface area contributed by atoms with Crippen molar-refractivity contribution in [3.05, 3.63) is 42.1 Å². The second-order valence-corrected chi connectivity index (χ2v) is 4.79. The first kappa shape index (κ1) is 12.0. The third-order valence-corrected chi connectivity index (χ3v) is 3.23. The van der Waals surface area contributed by atoms with Crippen LogP contribution >= 0.6 is 0 Å². The van der Waals surface area contributed by atoms with Crippen LogP contribution in [0.25, 0.3) is 0 Å². The summed E-state index contributed by atoms with van der Waals surface area (Å²) < 4.78 is 0. The highest BCUT2D eigenvalue weighted by Crippen LogP contribution is 2.25. The molecule has 1 aliphatic rings. The highest BCUT2D eigenvalue weighted by Gasteiger charge is 2.18. The predicted molar refractivity (Wildman–Crippen MR) is 74.3 cm³/mol. The van der Waals surface area contributed by atoms with Gasteiger partial charge in [0, 0.05) is 29.8 Å². The van der Waals surface area contributed by atoms with Crippen molar-refractivity contribution in [2.45, 2.75) is 25.8 Å². The smallest absolute Gasteiger partial charge is 0.148 e. The van der Waals surface area contributed by atoms with Gasteiger partial charge in [-0.3, -0.25) is 9.97 Å². The van der Waals surface area contributed by atoms with E-state index in [2.05, 4.69) is 31.7 Å². The fraction of sp³-hybridized carbons (Fsp3) is 0.357. The van der Waals surface area contributed by atoms with Gasteiger partial charge in [-0.2, -0.15) is 0 Å². The zero-order valence-corrected chi connectivity index (χ0v) is 10.9. The van der Waals surface area contributed by atoms with E-state index in [1.807, 2.05) is 13.0 Å². The maximum Gasteiger partial charge on any atom is 0.148 e. The molecule has 5 nitrogen and oxygen atoms in total. The molecule has 1 atom stereocenters. The van der Waals surface area contributed by atoms with Gasteiger partial charge in [-0.25, -0.2) is 4.98 Å². The third kappa shape index (κ3) is 2.88. The van der Waals surface area contributed by atoms with Crippen LogP contribution in [0.3, 0.4) is 0 Å². The maximum absolute atomic E-state index is 4.62. The summed E-state index contributed by atoms with van der Waals surface area (Å²) in [4.78, 5) is 12.9. The minimum absolute atomic E-state index is 0.377. The van der Waals surface area contributed by atoms with Crippen LogP contribution in [-0.2, 0) is 0 Å². The summed E-state index contributed by atoms with van der Waals surface area (Å²) in [5.41, 5.74) is 3.12. The van der Waals surface area contributed by atoms with Crippen molar-refractivity contribution in [3.63, 3.8) is 0 Å². The van der Waals surface area contributed by atoms with Crippen LogP contribution < -0.4 is 10.6 Å². The summed E-state index contributed by atoms with van der Waals surface area (Å²) in [5, 5.41) is 6.74. The molecule has 1 saturated heterocycles. The van der Waals surface area contributed by atoms with Gasteiger partial charge in [0.05, 0.1) is 11.9 Å². The Morgan fingerprint density at radius 1 is 1.32 bits per heavy atom. The van der Waals surface area contributed by atoms with E-state index in [1.54, 1.807) is 18.6 Å². The third-order valence-electron chi connectivity index (χ3n) is 3.23. The molecule has 2 aromatic heterocycles. The molecular formula is C14H17N5. The maximum atomic E-state index is 4.62. The number of hydrogen-bond acceptors (Lipinski definition) is 5. The molecule has 1 aliphatic heterocycles. The van der Waals surface area contributed by atoms with Crippen molar-refractivity contribution in [1.29, 1.82) is 0 Å². The normalized spacial score (nSPS) is 18.5. The van der Waals surface area contributed by atoms with Gasteiger partial charge >= 0.3 is 0 Å². The van der Waals surface area contributed by atoms with Gasteiger partial charge in [-0.05, 0) is 38.4 Å². The Bertz CT molecular complexity index is 549. The first-order valence-electron chi connectivity index (χ1n) is 6.56. The molecular weight excluding hydrogens is 238 g/mol. The Labute approximate surface area is 112 Å². The molecule has 19 heavy (non-hydrogen) atoms. The van der Waals surface area contributed by atoms with Gasteiger partial charge in [0.1, 0.15) is 5.82 Å². The Balaban J connectivity index is 1.85. The average molecular weight is 255 g/mol. The van der Waals surface area contributed by atoms with Crippen molar-refractivity contribution in [2.75, 3.05) is 11.9 Å². The SMILES string of the molecule is Cc1cc(Nc2cnccn2)cc([C@@H]2CCCN2)n1. The number of anilines is 2. The number of nitrogens with one attached hydrogen (secondary N) is 2. The number of nitrogens with zero attached hydrogens (tertiary/aromatic N) is 3. The van der Waals surface area contributed by atoms with Gasteiger partial charge in [0.25, 0.3) is 0 Å². The van der Waals surface area contributed by atoms with Crippen molar-refractivity contribution in [2.24, 2.45) is 0 Å². The first-order chi connectivity index (χ1) is 9.31. The standard InChI is InChI=1S/C14H17N5/c1-10-7-11(19-14-9-15-5-6-17-14)8-13(18-10)12-3-2-4-16-12/h5-9,12,16H,2-4H2,1H3,(H,17,18,19)/t12-/m0/s1. The predicted octanol–water partition coefficient (Wildman–Crippen LogP) is 2.35. The Hall–Kier alpha value is -2.01. The lowest BCUT2D eigenvalue weighted by molar-refractivity contribution is 0.626. The summed E-state index contributed by atoms with van der Waals surface area (Å²) in [6, 6.07) is 4.49. The summed E-state index contributed by atoms with van der Waals surface area (Å²) in [6.45, 7) is 3.09. The van der Waals surface area contributed by atoms with E-state index in [1.165, 1.54) is 6.42 Å². The molecule has 0 aliphatic carbocycles. The van der Waals surface area contributed by atoms with Crippen LogP contribution in [0.2, 0.25) is 0 Å². The number of rotatable bonds is 3. The van der Waals surface area contributed by atoms with Gasteiger partial charge in [0.2, 0.25) is 0 Å². The van der Waals surface area contributed by atoms with Crippen LogP contribution in [-0.4, -0.2) is 21.5 Å². The van der Waals surface area contributed by atoms with E-state index in [9.17, 15) is 0 Å². The zero-order chi connectivity index (χ0) is 13.1. The van der Waals surface area contributed by atoms with E-state index < -0.39 is 0 Å². The van der Waals surface area contributed by atoms with Crippen molar-refractivity contribution in [1.82, 2.24) is 20.3 Å². The molecule has 0 unspecified atom stereocenters. The van der Waals surface area contributed by atoms with E-state index in [-0.39, 0.29) is 0 Å². The topological polar surface area (TPSA) is 62.7 Å².